The summed E-state index contributed by atoms with van der Waals surface area (Å²) in [5.74, 6) is 1.15. The van der Waals surface area contributed by atoms with Crippen LogP contribution in [0.25, 0.3) is 6.08 Å². The van der Waals surface area contributed by atoms with Crippen molar-refractivity contribution in [3.05, 3.63) is 90.4 Å². The zero-order valence-corrected chi connectivity index (χ0v) is 24.7. The van der Waals surface area contributed by atoms with Gasteiger partial charge in [0.25, 0.3) is 5.91 Å². The van der Waals surface area contributed by atoms with Crippen LogP contribution >= 0.6 is 67.3 Å². The summed E-state index contributed by atoms with van der Waals surface area (Å²) in [5.41, 5.74) is 2.81. The molecule has 0 radical (unpaired) electrons. The van der Waals surface area contributed by atoms with Crippen molar-refractivity contribution in [2.24, 2.45) is 0 Å². The van der Waals surface area contributed by atoms with E-state index in [4.69, 9.17) is 44.9 Å². The van der Waals surface area contributed by atoms with Crippen molar-refractivity contribution >= 4 is 90.1 Å². The fourth-order valence-corrected chi connectivity index (χ4v) is 5.64. The lowest BCUT2D eigenvalue weighted by Crippen LogP contribution is -2.31. The minimum absolute atomic E-state index is 0.209. The van der Waals surface area contributed by atoms with E-state index in [9.17, 15) is 4.79 Å². The van der Waals surface area contributed by atoms with Crippen molar-refractivity contribution in [3.8, 4) is 11.5 Å². The van der Waals surface area contributed by atoms with E-state index in [1.165, 1.54) is 4.90 Å². The van der Waals surface area contributed by atoms with Crippen LogP contribution in [0, 0.1) is 0 Å². The molecule has 0 unspecified atom stereocenters. The second-order valence-corrected chi connectivity index (χ2v) is 10.7. The Morgan fingerprint density at radius 1 is 0.972 bits per heavy atom. The van der Waals surface area contributed by atoms with E-state index in [1.54, 1.807) is 30.2 Å². The number of benzene rings is 3. The van der Waals surface area contributed by atoms with Gasteiger partial charge in [0.1, 0.15) is 23.8 Å². The predicted octanol–water partition coefficient (Wildman–Crippen LogP) is 8.10. The molecule has 1 aliphatic rings. The lowest BCUT2D eigenvalue weighted by atomic mass is 10.1. The van der Waals surface area contributed by atoms with Gasteiger partial charge < -0.3 is 14.4 Å². The van der Waals surface area contributed by atoms with Crippen LogP contribution in [0.5, 0.6) is 11.5 Å². The zero-order chi connectivity index (χ0) is 26.0. The highest BCUT2D eigenvalue weighted by Gasteiger charge is 2.36. The Hall–Kier alpha value is -2.10. The SMILES string of the molecule is CCOc1ccc(N2C(=O)/C(=C/c3cc(Br)c(OCc4ccc(Cl)c(Cl)c4)c(Br)c3)N(C)C2=S)cc1. The first-order chi connectivity index (χ1) is 17.2. The minimum Gasteiger partial charge on any atom is -0.494 e. The van der Waals surface area contributed by atoms with Crippen molar-refractivity contribution in [1.29, 1.82) is 0 Å². The molecule has 186 valence electrons. The van der Waals surface area contributed by atoms with Gasteiger partial charge in [0, 0.05) is 7.05 Å². The molecule has 4 rings (SSSR count). The van der Waals surface area contributed by atoms with Gasteiger partial charge in [-0.15, -0.1) is 0 Å². The van der Waals surface area contributed by atoms with E-state index in [-0.39, 0.29) is 5.91 Å². The van der Waals surface area contributed by atoms with Gasteiger partial charge in [-0.25, -0.2) is 0 Å². The number of rotatable bonds is 7. The largest absolute Gasteiger partial charge is 0.494 e. The Balaban J connectivity index is 1.55. The number of hydrogen-bond acceptors (Lipinski definition) is 4. The number of ether oxygens (including phenoxy) is 2. The van der Waals surface area contributed by atoms with Crippen molar-refractivity contribution in [1.82, 2.24) is 4.90 Å². The summed E-state index contributed by atoms with van der Waals surface area (Å²) in [6.45, 7) is 2.80. The number of thiocarbonyl (C=S) groups is 1. The van der Waals surface area contributed by atoms with E-state index in [0.717, 1.165) is 25.8 Å². The molecule has 0 spiro atoms. The summed E-state index contributed by atoms with van der Waals surface area (Å²) in [5, 5.41) is 1.36. The Labute approximate surface area is 241 Å². The topological polar surface area (TPSA) is 42.0 Å². The molecule has 1 aliphatic heterocycles. The van der Waals surface area contributed by atoms with Crippen LogP contribution in [0.1, 0.15) is 18.1 Å². The molecule has 1 saturated heterocycles. The standard InChI is InChI=1S/C26H20Br2Cl2N2O3S/c1-3-34-18-7-5-17(6-8-18)32-25(33)23(31(2)26(32)36)13-16-10-19(27)24(20(28)11-16)35-14-15-4-9-21(29)22(30)12-15/h4-13H,3,14H2,1-2H3/b23-13-. The average Bonchev–Trinajstić information content (AvgIpc) is 3.04. The van der Waals surface area contributed by atoms with Gasteiger partial charge in [0.2, 0.25) is 0 Å². The lowest BCUT2D eigenvalue weighted by Gasteiger charge is -2.16. The molecule has 1 amide bonds. The van der Waals surface area contributed by atoms with E-state index in [2.05, 4.69) is 31.9 Å². The van der Waals surface area contributed by atoms with Gasteiger partial charge in [-0.05, 0) is 117 Å². The smallest absolute Gasteiger partial charge is 0.281 e. The van der Waals surface area contributed by atoms with Crippen molar-refractivity contribution in [2.45, 2.75) is 13.5 Å². The fourth-order valence-electron chi connectivity index (χ4n) is 3.59. The zero-order valence-electron chi connectivity index (χ0n) is 19.2. The number of carbonyl (C=O) groups is 1. The molecule has 0 saturated carbocycles. The van der Waals surface area contributed by atoms with Crippen molar-refractivity contribution in [2.75, 3.05) is 18.6 Å². The summed E-state index contributed by atoms with van der Waals surface area (Å²) < 4.78 is 12.9. The van der Waals surface area contributed by atoms with Gasteiger partial charge in [-0.3, -0.25) is 9.69 Å². The van der Waals surface area contributed by atoms with Crippen LogP contribution in [0.3, 0.4) is 0 Å². The third kappa shape index (κ3) is 5.73. The molecule has 0 aliphatic carbocycles. The maximum Gasteiger partial charge on any atom is 0.281 e. The Morgan fingerprint density at radius 2 is 1.64 bits per heavy atom. The molecule has 5 nitrogen and oxygen atoms in total. The van der Waals surface area contributed by atoms with Crippen LogP contribution < -0.4 is 14.4 Å². The quantitative estimate of drug-likeness (QED) is 0.188. The number of anilines is 1. The van der Waals surface area contributed by atoms with Crippen LogP contribution in [0.4, 0.5) is 5.69 Å². The third-order valence-electron chi connectivity index (χ3n) is 5.36. The van der Waals surface area contributed by atoms with E-state index >= 15 is 0 Å². The van der Waals surface area contributed by atoms with Crippen molar-refractivity contribution in [3.63, 3.8) is 0 Å². The molecule has 3 aromatic carbocycles. The average molecular weight is 671 g/mol. The molecule has 0 N–H and O–H groups in total. The summed E-state index contributed by atoms with van der Waals surface area (Å²) >= 11 is 24.8. The first kappa shape index (κ1) is 26.9. The Bertz CT molecular complexity index is 1340. The molecule has 3 aromatic rings. The summed E-state index contributed by atoms with van der Waals surface area (Å²) in [7, 11) is 1.78. The van der Waals surface area contributed by atoms with Gasteiger partial charge in [-0.1, -0.05) is 29.3 Å². The third-order valence-corrected chi connectivity index (χ3v) is 7.73. The predicted molar refractivity (Wildman–Crippen MR) is 156 cm³/mol. The fraction of sp³-hybridized carbons (Fsp3) is 0.154. The van der Waals surface area contributed by atoms with Crippen LogP contribution in [-0.4, -0.2) is 29.6 Å². The number of likely N-dealkylation sites (N-methyl/N-ethyl adjacent to an activating group) is 1. The monoisotopic (exact) mass is 668 g/mol. The maximum atomic E-state index is 13.3. The van der Waals surface area contributed by atoms with Gasteiger partial charge in [0.15, 0.2) is 5.11 Å². The Kier molecular flexibility index (Phi) is 8.63. The summed E-state index contributed by atoms with van der Waals surface area (Å²) in [6, 6.07) is 16.4. The van der Waals surface area contributed by atoms with E-state index in [0.29, 0.717) is 45.5 Å². The van der Waals surface area contributed by atoms with Crippen molar-refractivity contribution < 1.29 is 14.3 Å². The minimum atomic E-state index is -0.209. The molecule has 1 fully saturated rings. The normalized spacial score (nSPS) is 14.7. The second-order valence-electron chi connectivity index (χ2n) is 7.79. The van der Waals surface area contributed by atoms with E-state index in [1.807, 2.05) is 49.4 Å². The first-order valence-electron chi connectivity index (χ1n) is 10.8. The van der Waals surface area contributed by atoms with Crippen LogP contribution in [0.15, 0.2) is 69.2 Å². The molecule has 1 heterocycles. The van der Waals surface area contributed by atoms with Gasteiger partial charge in [0.05, 0.1) is 31.3 Å². The molecule has 0 bridgehead atoms. The highest BCUT2D eigenvalue weighted by atomic mass is 79.9. The lowest BCUT2D eigenvalue weighted by molar-refractivity contribution is -0.114. The van der Waals surface area contributed by atoms with Gasteiger partial charge >= 0.3 is 0 Å². The highest BCUT2D eigenvalue weighted by Crippen LogP contribution is 2.37. The van der Waals surface area contributed by atoms with Gasteiger partial charge in [-0.2, -0.15) is 0 Å². The summed E-state index contributed by atoms with van der Waals surface area (Å²) in [6.07, 6.45) is 1.79. The summed E-state index contributed by atoms with van der Waals surface area (Å²) in [4.78, 5) is 16.5. The molecule has 0 aromatic heterocycles. The number of amides is 1. The number of nitrogens with zero attached hydrogens (tertiary/aromatic N) is 2. The number of halogens is 4. The van der Waals surface area contributed by atoms with Crippen LogP contribution in [-0.2, 0) is 11.4 Å². The van der Waals surface area contributed by atoms with E-state index < -0.39 is 0 Å². The molecular formula is C26H20Br2Cl2N2O3S. The molecule has 0 atom stereocenters. The first-order valence-corrected chi connectivity index (χ1v) is 13.6. The second kappa shape index (κ2) is 11.5. The van der Waals surface area contributed by atoms with Crippen LogP contribution in [0.2, 0.25) is 10.0 Å². The molecular weight excluding hydrogens is 651 g/mol. The number of carbonyl (C=O) groups excluding carboxylic acids is 1. The Morgan fingerprint density at radius 3 is 2.25 bits per heavy atom. The maximum absolute atomic E-state index is 13.3. The highest BCUT2D eigenvalue weighted by molar-refractivity contribution is 9.11. The number of hydrogen-bond donors (Lipinski definition) is 0. The molecule has 10 heteroatoms. The molecule has 36 heavy (non-hydrogen) atoms.